The van der Waals surface area contributed by atoms with Crippen molar-refractivity contribution in [3.8, 4) is 5.75 Å². The van der Waals surface area contributed by atoms with Gasteiger partial charge in [-0.05, 0) is 79.0 Å². The fourth-order valence-electron chi connectivity index (χ4n) is 4.23. The topological polar surface area (TPSA) is 75.7 Å². The molecule has 1 N–H and O–H groups in total. The predicted octanol–water partition coefficient (Wildman–Crippen LogP) is 4.02. The molecular weight excluding hydrogens is 424 g/mol. The Kier molecular flexibility index (Phi) is 7.96. The molecule has 7 heteroatoms. The van der Waals surface area contributed by atoms with E-state index >= 15 is 0 Å². The lowest BCUT2D eigenvalue weighted by Gasteiger charge is -2.22. The lowest BCUT2D eigenvalue weighted by molar-refractivity contribution is -0.121. The lowest BCUT2D eigenvalue weighted by atomic mass is 9.88. The average Bonchev–Trinajstić information content (AvgIpc) is 2.80. The molecule has 3 rings (SSSR count). The number of carbonyl (C=O) groups is 1. The number of rotatable bonds is 9. The van der Waals surface area contributed by atoms with Gasteiger partial charge in [-0.3, -0.25) is 4.79 Å². The third-order valence-electron chi connectivity index (χ3n) is 6.17. The van der Waals surface area contributed by atoms with Crippen LogP contribution in [0.5, 0.6) is 5.75 Å². The zero-order valence-electron chi connectivity index (χ0n) is 19.5. The third-order valence-corrected chi connectivity index (χ3v) is 7.98. The second kappa shape index (κ2) is 10.5. The molecule has 1 amide bonds. The Morgan fingerprint density at radius 3 is 2.47 bits per heavy atom. The summed E-state index contributed by atoms with van der Waals surface area (Å²) in [5.41, 5.74) is 4.69. The van der Waals surface area contributed by atoms with Crippen molar-refractivity contribution in [1.82, 2.24) is 9.62 Å². The SMILES string of the molecule is CC[C@H](NC(=O)CCc1cc(S(=O)(=O)N(C)C)ccc1OC)c1ccc2c(c1)CCCC2. The molecule has 0 unspecified atom stereocenters. The summed E-state index contributed by atoms with van der Waals surface area (Å²) >= 11 is 0. The maximum atomic E-state index is 12.8. The molecule has 2 aromatic rings. The standard InChI is InChI=1S/C25H34N2O4S/c1-5-23(20-11-10-18-8-6-7-9-19(18)16-20)26-25(28)15-12-21-17-22(13-14-24(21)31-4)32(29,30)27(2)3/h10-11,13-14,16-17,23H,5-9,12,15H2,1-4H3,(H,26,28)/t23-/m0/s1. The number of sulfonamides is 1. The van der Waals surface area contributed by atoms with Crippen molar-refractivity contribution in [2.24, 2.45) is 0 Å². The number of methoxy groups -OCH3 is 1. The van der Waals surface area contributed by atoms with Crippen molar-refractivity contribution in [2.75, 3.05) is 21.2 Å². The van der Waals surface area contributed by atoms with Gasteiger partial charge in [0.1, 0.15) is 5.75 Å². The van der Waals surface area contributed by atoms with Gasteiger partial charge in [0.25, 0.3) is 0 Å². The Hall–Kier alpha value is -2.38. The maximum Gasteiger partial charge on any atom is 0.242 e. The van der Waals surface area contributed by atoms with E-state index in [9.17, 15) is 13.2 Å². The molecule has 0 aliphatic heterocycles. The fraction of sp³-hybridized carbons (Fsp3) is 0.480. The van der Waals surface area contributed by atoms with Gasteiger partial charge in [0, 0.05) is 20.5 Å². The molecule has 1 atom stereocenters. The number of aryl methyl sites for hydroxylation is 3. The number of carbonyl (C=O) groups excluding carboxylic acids is 1. The van der Waals surface area contributed by atoms with Crippen LogP contribution in [0, 0.1) is 0 Å². The lowest BCUT2D eigenvalue weighted by Crippen LogP contribution is -2.28. The molecule has 6 nitrogen and oxygen atoms in total. The van der Waals surface area contributed by atoms with Gasteiger partial charge >= 0.3 is 0 Å². The highest BCUT2D eigenvalue weighted by Crippen LogP contribution is 2.27. The Morgan fingerprint density at radius 2 is 1.81 bits per heavy atom. The molecule has 0 saturated heterocycles. The van der Waals surface area contributed by atoms with Gasteiger partial charge in [0.15, 0.2) is 0 Å². The number of nitrogens with zero attached hydrogens (tertiary/aromatic N) is 1. The first-order chi connectivity index (χ1) is 15.3. The number of benzene rings is 2. The van der Waals surface area contributed by atoms with Crippen molar-refractivity contribution in [3.63, 3.8) is 0 Å². The first-order valence-electron chi connectivity index (χ1n) is 11.3. The first kappa shape index (κ1) is 24.3. The van der Waals surface area contributed by atoms with Gasteiger partial charge in [-0.1, -0.05) is 25.1 Å². The molecule has 1 aliphatic carbocycles. The van der Waals surface area contributed by atoms with Crippen molar-refractivity contribution in [2.45, 2.75) is 62.8 Å². The largest absolute Gasteiger partial charge is 0.496 e. The molecule has 1 aliphatic rings. The van der Waals surface area contributed by atoms with E-state index in [0.29, 0.717) is 17.7 Å². The molecule has 0 radical (unpaired) electrons. The Balaban J connectivity index is 1.69. The predicted molar refractivity (Wildman–Crippen MR) is 126 cm³/mol. The minimum absolute atomic E-state index is 0.0305. The Morgan fingerprint density at radius 1 is 1.09 bits per heavy atom. The summed E-state index contributed by atoms with van der Waals surface area (Å²) in [7, 11) is 0.988. The summed E-state index contributed by atoms with van der Waals surface area (Å²) in [4.78, 5) is 13.0. The summed E-state index contributed by atoms with van der Waals surface area (Å²) in [5, 5.41) is 3.15. The van der Waals surface area contributed by atoms with Crippen molar-refractivity contribution < 1.29 is 17.9 Å². The summed E-state index contributed by atoms with van der Waals surface area (Å²) in [6.45, 7) is 2.07. The van der Waals surface area contributed by atoms with E-state index < -0.39 is 10.0 Å². The number of fused-ring (bicyclic) bond motifs is 1. The molecule has 0 saturated carbocycles. The van der Waals surface area contributed by atoms with Crippen molar-refractivity contribution in [1.29, 1.82) is 0 Å². The summed E-state index contributed by atoms with van der Waals surface area (Å²) in [5.74, 6) is 0.523. The molecule has 174 valence electrons. The maximum absolute atomic E-state index is 12.8. The molecule has 0 aromatic heterocycles. The number of hydrogen-bond donors (Lipinski definition) is 1. The van der Waals surface area contributed by atoms with Gasteiger partial charge in [0.05, 0.1) is 18.0 Å². The number of nitrogens with one attached hydrogen (secondary N) is 1. The Labute approximate surface area is 192 Å². The minimum atomic E-state index is -3.55. The molecule has 0 bridgehead atoms. The van der Waals surface area contributed by atoms with E-state index in [4.69, 9.17) is 4.74 Å². The van der Waals surface area contributed by atoms with Crippen molar-refractivity contribution in [3.05, 3.63) is 58.7 Å². The molecule has 2 aromatic carbocycles. The van der Waals surface area contributed by atoms with E-state index in [1.54, 1.807) is 19.2 Å². The summed E-state index contributed by atoms with van der Waals surface area (Å²) in [6.07, 6.45) is 6.19. The highest BCUT2D eigenvalue weighted by atomic mass is 32.2. The second-order valence-corrected chi connectivity index (χ2v) is 10.7. The Bertz CT molecular complexity index is 1060. The highest BCUT2D eigenvalue weighted by Gasteiger charge is 2.20. The summed E-state index contributed by atoms with van der Waals surface area (Å²) < 4.78 is 31.5. The zero-order valence-corrected chi connectivity index (χ0v) is 20.3. The van der Waals surface area contributed by atoms with Crippen LogP contribution < -0.4 is 10.1 Å². The third kappa shape index (κ3) is 5.51. The number of hydrogen-bond acceptors (Lipinski definition) is 4. The monoisotopic (exact) mass is 458 g/mol. The molecule has 0 fully saturated rings. The van der Waals surface area contributed by atoms with Gasteiger partial charge in [0.2, 0.25) is 15.9 Å². The average molecular weight is 459 g/mol. The van der Waals surface area contributed by atoms with Crippen LogP contribution in [0.1, 0.15) is 60.9 Å². The quantitative estimate of drug-likeness (QED) is 0.616. The van der Waals surface area contributed by atoms with Crippen LogP contribution in [-0.4, -0.2) is 39.8 Å². The second-order valence-electron chi connectivity index (χ2n) is 8.52. The summed E-state index contributed by atoms with van der Waals surface area (Å²) in [6, 6.07) is 11.3. The van der Waals surface area contributed by atoms with Gasteiger partial charge in [-0.15, -0.1) is 0 Å². The molecular formula is C25H34N2O4S. The van der Waals surface area contributed by atoms with Crippen LogP contribution in [0.2, 0.25) is 0 Å². The van der Waals surface area contributed by atoms with Crippen LogP contribution in [0.15, 0.2) is 41.3 Å². The van der Waals surface area contributed by atoms with Crippen molar-refractivity contribution >= 4 is 15.9 Å². The molecule has 0 heterocycles. The van der Waals surface area contributed by atoms with Crippen LogP contribution in [0.3, 0.4) is 0 Å². The van der Waals surface area contributed by atoms with E-state index in [0.717, 1.165) is 24.8 Å². The van der Waals surface area contributed by atoms with Gasteiger partial charge < -0.3 is 10.1 Å². The molecule has 32 heavy (non-hydrogen) atoms. The van der Waals surface area contributed by atoms with Crippen LogP contribution in [-0.2, 0) is 34.1 Å². The van der Waals surface area contributed by atoms with E-state index in [2.05, 4.69) is 30.4 Å². The van der Waals surface area contributed by atoms with Crippen LogP contribution in [0.25, 0.3) is 0 Å². The molecule has 0 spiro atoms. The van der Waals surface area contributed by atoms with Gasteiger partial charge in [-0.2, -0.15) is 0 Å². The van der Waals surface area contributed by atoms with Crippen LogP contribution >= 0.6 is 0 Å². The first-order valence-corrected chi connectivity index (χ1v) is 12.7. The van der Waals surface area contributed by atoms with Crippen LogP contribution in [0.4, 0.5) is 0 Å². The zero-order chi connectivity index (χ0) is 23.3. The highest BCUT2D eigenvalue weighted by molar-refractivity contribution is 7.89. The normalized spacial score (nSPS) is 14.7. The van der Waals surface area contributed by atoms with E-state index in [1.165, 1.54) is 48.4 Å². The van der Waals surface area contributed by atoms with E-state index in [1.807, 2.05) is 0 Å². The smallest absolute Gasteiger partial charge is 0.242 e. The minimum Gasteiger partial charge on any atom is -0.496 e. The fourth-order valence-corrected chi connectivity index (χ4v) is 5.18. The number of ether oxygens (including phenoxy) is 1. The number of amides is 1. The van der Waals surface area contributed by atoms with E-state index in [-0.39, 0.29) is 23.3 Å². The van der Waals surface area contributed by atoms with Gasteiger partial charge in [-0.25, -0.2) is 12.7 Å².